The molecule has 0 spiro atoms. The third-order valence-corrected chi connectivity index (χ3v) is 3.74. The van der Waals surface area contributed by atoms with Gasteiger partial charge in [0.05, 0.1) is 6.61 Å². The van der Waals surface area contributed by atoms with Crippen molar-refractivity contribution in [1.82, 2.24) is 5.32 Å². The van der Waals surface area contributed by atoms with Crippen LogP contribution in [0.3, 0.4) is 0 Å². The molecule has 1 fully saturated rings. The monoisotopic (exact) mass is 200 g/mol. The lowest BCUT2D eigenvalue weighted by Crippen LogP contribution is -2.58. The molecule has 1 aliphatic rings. The van der Waals surface area contributed by atoms with E-state index < -0.39 is 0 Å². The predicted octanol–water partition coefficient (Wildman–Crippen LogP) is 0.722. The minimum Gasteiger partial charge on any atom is -0.395 e. The van der Waals surface area contributed by atoms with Crippen LogP contribution in [0.4, 0.5) is 0 Å². The third kappa shape index (κ3) is 2.47. The highest BCUT2D eigenvalue weighted by Gasteiger charge is 2.38. The van der Waals surface area contributed by atoms with E-state index in [1.165, 1.54) is 12.8 Å². The standard InChI is InChI=1S/C11H24N2O/c1-9-3-4-11(8-12,10(2)7-9)13-5-6-14/h9-10,13-14H,3-8,12H2,1-2H3. The van der Waals surface area contributed by atoms with Gasteiger partial charge in [0.15, 0.2) is 0 Å². The summed E-state index contributed by atoms with van der Waals surface area (Å²) in [5.41, 5.74) is 5.95. The first-order valence-electron chi connectivity index (χ1n) is 5.70. The molecule has 1 saturated carbocycles. The Labute approximate surface area is 87.1 Å². The maximum absolute atomic E-state index is 8.84. The minimum absolute atomic E-state index is 0.0786. The molecular weight excluding hydrogens is 176 g/mol. The van der Waals surface area contributed by atoms with E-state index in [0.29, 0.717) is 19.0 Å². The lowest BCUT2D eigenvalue weighted by atomic mass is 9.70. The smallest absolute Gasteiger partial charge is 0.0556 e. The Balaban J connectivity index is 2.58. The second-order valence-corrected chi connectivity index (χ2v) is 4.79. The van der Waals surface area contributed by atoms with Crippen LogP contribution in [0.2, 0.25) is 0 Å². The summed E-state index contributed by atoms with van der Waals surface area (Å²) in [4.78, 5) is 0. The van der Waals surface area contributed by atoms with Crippen LogP contribution in [-0.2, 0) is 0 Å². The normalized spacial score (nSPS) is 38.6. The number of nitrogens with two attached hydrogens (primary N) is 1. The molecule has 0 radical (unpaired) electrons. The van der Waals surface area contributed by atoms with Gasteiger partial charge in [-0.2, -0.15) is 0 Å². The second kappa shape index (κ2) is 5.10. The fourth-order valence-corrected chi connectivity index (χ4v) is 2.64. The van der Waals surface area contributed by atoms with Gasteiger partial charge in [0.25, 0.3) is 0 Å². The average Bonchev–Trinajstić information content (AvgIpc) is 2.18. The summed E-state index contributed by atoms with van der Waals surface area (Å²) in [7, 11) is 0. The van der Waals surface area contributed by atoms with Crippen LogP contribution in [0, 0.1) is 11.8 Å². The molecule has 0 amide bonds. The average molecular weight is 200 g/mol. The molecule has 0 aromatic rings. The van der Waals surface area contributed by atoms with Crippen LogP contribution in [0.5, 0.6) is 0 Å². The van der Waals surface area contributed by atoms with Crippen LogP contribution in [-0.4, -0.2) is 30.3 Å². The molecule has 84 valence electrons. The molecule has 3 unspecified atom stereocenters. The Hall–Kier alpha value is -0.120. The van der Waals surface area contributed by atoms with Crippen LogP contribution in [0.25, 0.3) is 0 Å². The molecule has 1 rings (SSSR count). The van der Waals surface area contributed by atoms with Crippen molar-refractivity contribution in [1.29, 1.82) is 0 Å². The van der Waals surface area contributed by atoms with Crippen molar-refractivity contribution in [2.45, 2.75) is 38.6 Å². The number of hydrogen-bond acceptors (Lipinski definition) is 3. The van der Waals surface area contributed by atoms with E-state index in [-0.39, 0.29) is 12.1 Å². The summed E-state index contributed by atoms with van der Waals surface area (Å²) in [6.45, 7) is 6.12. The number of β-amino-alcohol motifs (C(OH)–C–C–N with tert-alkyl or cyclic N) is 1. The SMILES string of the molecule is CC1CCC(CN)(NCCO)C(C)C1. The molecule has 0 aromatic carbocycles. The lowest BCUT2D eigenvalue weighted by molar-refractivity contribution is 0.121. The van der Waals surface area contributed by atoms with Crippen molar-refractivity contribution in [2.75, 3.05) is 19.7 Å². The van der Waals surface area contributed by atoms with Crippen molar-refractivity contribution >= 4 is 0 Å². The third-order valence-electron chi connectivity index (χ3n) is 3.74. The Kier molecular flexibility index (Phi) is 4.35. The molecule has 0 saturated heterocycles. The second-order valence-electron chi connectivity index (χ2n) is 4.79. The van der Waals surface area contributed by atoms with Gasteiger partial charge in [0.1, 0.15) is 0 Å². The molecule has 3 heteroatoms. The van der Waals surface area contributed by atoms with E-state index in [1.807, 2.05) is 0 Å². The fourth-order valence-electron chi connectivity index (χ4n) is 2.64. The summed E-state index contributed by atoms with van der Waals surface area (Å²) < 4.78 is 0. The van der Waals surface area contributed by atoms with Crippen molar-refractivity contribution in [3.05, 3.63) is 0 Å². The van der Waals surface area contributed by atoms with Gasteiger partial charge in [-0.3, -0.25) is 0 Å². The summed E-state index contributed by atoms with van der Waals surface area (Å²) in [6, 6.07) is 0. The van der Waals surface area contributed by atoms with Gasteiger partial charge in [-0.05, 0) is 31.1 Å². The van der Waals surface area contributed by atoms with Gasteiger partial charge in [-0.25, -0.2) is 0 Å². The summed E-state index contributed by atoms with van der Waals surface area (Å²) >= 11 is 0. The highest BCUT2D eigenvalue weighted by atomic mass is 16.3. The summed E-state index contributed by atoms with van der Waals surface area (Å²) in [5, 5.41) is 12.3. The zero-order chi connectivity index (χ0) is 10.6. The highest BCUT2D eigenvalue weighted by molar-refractivity contribution is 4.97. The Morgan fingerprint density at radius 2 is 2.21 bits per heavy atom. The molecule has 0 aromatic heterocycles. The molecule has 14 heavy (non-hydrogen) atoms. The van der Waals surface area contributed by atoms with Crippen LogP contribution in [0.1, 0.15) is 33.1 Å². The minimum atomic E-state index is 0.0786. The number of rotatable bonds is 4. The topological polar surface area (TPSA) is 58.3 Å². The Morgan fingerprint density at radius 3 is 2.71 bits per heavy atom. The summed E-state index contributed by atoms with van der Waals surface area (Å²) in [6.07, 6.45) is 3.64. The van der Waals surface area contributed by atoms with Gasteiger partial charge < -0.3 is 16.2 Å². The van der Waals surface area contributed by atoms with Gasteiger partial charge in [-0.15, -0.1) is 0 Å². The molecule has 0 heterocycles. The maximum atomic E-state index is 8.84. The largest absolute Gasteiger partial charge is 0.395 e. The first kappa shape index (κ1) is 12.0. The van der Waals surface area contributed by atoms with Gasteiger partial charge >= 0.3 is 0 Å². The van der Waals surface area contributed by atoms with E-state index >= 15 is 0 Å². The number of aliphatic hydroxyl groups is 1. The van der Waals surface area contributed by atoms with Crippen LogP contribution < -0.4 is 11.1 Å². The predicted molar refractivity (Wildman–Crippen MR) is 59.1 cm³/mol. The Morgan fingerprint density at radius 1 is 1.50 bits per heavy atom. The number of hydrogen-bond donors (Lipinski definition) is 3. The first-order chi connectivity index (χ1) is 6.64. The quantitative estimate of drug-likeness (QED) is 0.627. The fraction of sp³-hybridized carbons (Fsp3) is 1.00. The molecule has 4 N–H and O–H groups in total. The molecular formula is C11H24N2O. The van der Waals surface area contributed by atoms with Crippen LogP contribution >= 0.6 is 0 Å². The van der Waals surface area contributed by atoms with E-state index in [1.54, 1.807) is 0 Å². The van der Waals surface area contributed by atoms with Gasteiger partial charge in [-0.1, -0.05) is 13.8 Å². The number of nitrogens with one attached hydrogen (secondary N) is 1. The zero-order valence-corrected chi connectivity index (χ0v) is 9.42. The van der Waals surface area contributed by atoms with E-state index in [4.69, 9.17) is 10.8 Å². The van der Waals surface area contributed by atoms with E-state index in [2.05, 4.69) is 19.2 Å². The highest BCUT2D eigenvalue weighted by Crippen LogP contribution is 2.35. The van der Waals surface area contributed by atoms with Gasteiger partial charge in [0.2, 0.25) is 0 Å². The Bertz CT molecular complexity index is 171. The van der Waals surface area contributed by atoms with E-state index in [0.717, 1.165) is 12.3 Å². The van der Waals surface area contributed by atoms with Crippen molar-refractivity contribution in [3.8, 4) is 0 Å². The molecule has 3 atom stereocenters. The first-order valence-corrected chi connectivity index (χ1v) is 5.70. The zero-order valence-electron chi connectivity index (χ0n) is 9.42. The molecule has 1 aliphatic carbocycles. The molecule has 0 aliphatic heterocycles. The summed E-state index contributed by atoms with van der Waals surface area (Å²) in [5.74, 6) is 1.43. The van der Waals surface area contributed by atoms with Gasteiger partial charge in [0, 0.05) is 18.6 Å². The lowest BCUT2D eigenvalue weighted by Gasteiger charge is -2.45. The maximum Gasteiger partial charge on any atom is 0.0556 e. The molecule has 3 nitrogen and oxygen atoms in total. The molecule has 0 bridgehead atoms. The van der Waals surface area contributed by atoms with E-state index in [9.17, 15) is 0 Å². The number of aliphatic hydroxyl groups excluding tert-OH is 1. The van der Waals surface area contributed by atoms with Crippen LogP contribution in [0.15, 0.2) is 0 Å². The van der Waals surface area contributed by atoms with Crippen molar-refractivity contribution in [3.63, 3.8) is 0 Å². The van der Waals surface area contributed by atoms with Crippen molar-refractivity contribution < 1.29 is 5.11 Å². The van der Waals surface area contributed by atoms with Crippen molar-refractivity contribution in [2.24, 2.45) is 17.6 Å².